The molecule has 0 spiro atoms. The molecule has 0 aliphatic rings. The second kappa shape index (κ2) is 9.49. The van der Waals surface area contributed by atoms with Gasteiger partial charge in [-0.3, -0.25) is 14.5 Å². The summed E-state index contributed by atoms with van der Waals surface area (Å²) >= 11 is 0. The number of likely N-dealkylation sites (N-methyl/N-ethyl adjacent to an activating group) is 1. The minimum Gasteiger partial charge on any atom is -0.465 e. The van der Waals surface area contributed by atoms with Crippen LogP contribution in [-0.2, 0) is 14.3 Å². The first kappa shape index (κ1) is 20.1. The topological polar surface area (TPSA) is 87.7 Å². The Hall–Kier alpha value is -3.19. The summed E-state index contributed by atoms with van der Waals surface area (Å²) in [4.78, 5) is 37.1. The Morgan fingerprint density at radius 2 is 1.30 bits per heavy atom. The van der Waals surface area contributed by atoms with E-state index in [1.807, 2.05) is 31.2 Å². The van der Waals surface area contributed by atoms with E-state index in [9.17, 15) is 14.4 Å². The van der Waals surface area contributed by atoms with Crippen LogP contribution in [0, 0.1) is 6.92 Å². The minimum atomic E-state index is -0.438. The number of ether oxygens (including phenoxy) is 1. The van der Waals surface area contributed by atoms with E-state index in [4.69, 9.17) is 0 Å². The molecule has 0 saturated heterocycles. The van der Waals surface area contributed by atoms with Crippen molar-refractivity contribution >= 4 is 29.2 Å². The van der Waals surface area contributed by atoms with E-state index in [1.54, 1.807) is 36.2 Å². The van der Waals surface area contributed by atoms with E-state index in [-0.39, 0.29) is 24.9 Å². The van der Waals surface area contributed by atoms with Gasteiger partial charge in [0.25, 0.3) is 0 Å². The Labute approximate surface area is 158 Å². The van der Waals surface area contributed by atoms with Gasteiger partial charge >= 0.3 is 5.97 Å². The van der Waals surface area contributed by atoms with Crippen molar-refractivity contribution < 1.29 is 19.1 Å². The fourth-order valence-corrected chi connectivity index (χ4v) is 2.39. The van der Waals surface area contributed by atoms with Crippen molar-refractivity contribution in [2.75, 3.05) is 37.9 Å². The molecule has 142 valence electrons. The Morgan fingerprint density at radius 3 is 1.74 bits per heavy atom. The minimum absolute atomic E-state index is 0.0556. The number of nitrogens with one attached hydrogen (secondary N) is 2. The van der Waals surface area contributed by atoms with Crippen LogP contribution in [0.3, 0.4) is 0 Å². The van der Waals surface area contributed by atoms with Crippen LogP contribution in [-0.4, -0.2) is 49.9 Å². The molecule has 0 aliphatic carbocycles. The van der Waals surface area contributed by atoms with E-state index >= 15 is 0 Å². The first-order valence-electron chi connectivity index (χ1n) is 8.40. The summed E-state index contributed by atoms with van der Waals surface area (Å²) in [6.45, 7) is 2.11. The summed E-state index contributed by atoms with van der Waals surface area (Å²) in [5, 5.41) is 5.51. The third-order valence-electron chi connectivity index (χ3n) is 3.75. The molecule has 2 aromatic rings. The summed E-state index contributed by atoms with van der Waals surface area (Å²) in [7, 11) is 3.00. The number of methoxy groups -OCH3 is 1. The molecule has 7 nitrogen and oxygen atoms in total. The lowest BCUT2D eigenvalue weighted by molar-refractivity contribution is -0.119. The molecule has 0 atom stereocenters. The molecule has 0 aliphatic heterocycles. The molecule has 0 radical (unpaired) electrons. The maximum absolute atomic E-state index is 12.1. The lowest BCUT2D eigenvalue weighted by Crippen LogP contribution is -2.36. The maximum Gasteiger partial charge on any atom is 0.337 e. The SMILES string of the molecule is COC(=O)c1ccc(NC(=O)CN(C)CC(=O)Nc2ccc(C)cc2)cc1. The zero-order chi connectivity index (χ0) is 19.8. The van der Waals surface area contributed by atoms with Gasteiger partial charge in [-0.15, -0.1) is 0 Å². The van der Waals surface area contributed by atoms with Gasteiger partial charge in [0, 0.05) is 11.4 Å². The van der Waals surface area contributed by atoms with Crippen molar-refractivity contribution in [2.45, 2.75) is 6.92 Å². The maximum atomic E-state index is 12.1. The van der Waals surface area contributed by atoms with Crippen molar-refractivity contribution in [2.24, 2.45) is 0 Å². The van der Waals surface area contributed by atoms with Crippen molar-refractivity contribution in [3.63, 3.8) is 0 Å². The highest BCUT2D eigenvalue weighted by Gasteiger charge is 2.12. The Morgan fingerprint density at radius 1 is 0.852 bits per heavy atom. The Bertz CT molecular complexity index is 801. The van der Waals surface area contributed by atoms with Gasteiger partial charge in [0.1, 0.15) is 0 Å². The summed E-state index contributed by atoms with van der Waals surface area (Å²) in [6.07, 6.45) is 0. The van der Waals surface area contributed by atoms with Crippen molar-refractivity contribution in [1.29, 1.82) is 0 Å². The fourth-order valence-electron chi connectivity index (χ4n) is 2.39. The molecule has 2 N–H and O–H groups in total. The van der Waals surface area contributed by atoms with E-state index in [2.05, 4.69) is 15.4 Å². The van der Waals surface area contributed by atoms with Crippen LogP contribution in [0.2, 0.25) is 0 Å². The standard InChI is InChI=1S/C20H23N3O4/c1-14-4-8-16(9-5-14)21-18(24)12-23(2)13-19(25)22-17-10-6-15(7-11-17)20(26)27-3/h4-11H,12-13H2,1-3H3,(H,21,24)(H,22,25). The van der Waals surface area contributed by atoms with Gasteiger partial charge in [0.05, 0.1) is 25.8 Å². The normalized spacial score (nSPS) is 10.4. The van der Waals surface area contributed by atoms with Crippen LogP contribution in [0.15, 0.2) is 48.5 Å². The Balaban J connectivity index is 1.79. The predicted octanol–water partition coefficient (Wildman–Crippen LogP) is 2.29. The third-order valence-corrected chi connectivity index (χ3v) is 3.75. The highest BCUT2D eigenvalue weighted by Crippen LogP contribution is 2.11. The summed E-state index contributed by atoms with van der Waals surface area (Å²) < 4.78 is 4.62. The number of aryl methyl sites for hydroxylation is 1. The molecule has 2 aromatic carbocycles. The summed E-state index contributed by atoms with van der Waals surface area (Å²) in [6, 6.07) is 13.9. The average molecular weight is 369 g/mol. The van der Waals surface area contributed by atoms with Crippen LogP contribution in [0.1, 0.15) is 15.9 Å². The van der Waals surface area contributed by atoms with Crippen LogP contribution in [0.4, 0.5) is 11.4 Å². The van der Waals surface area contributed by atoms with Gasteiger partial charge in [0.2, 0.25) is 11.8 Å². The smallest absolute Gasteiger partial charge is 0.337 e. The van der Waals surface area contributed by atoms with Gasteiger partial charge in [0.15, 0.2) is 0 Å². The molecular formula is C20H23N3O4. The monoisotopic (exact) mass is 369 g/mol. The quantitative estimate of drug-likeness (QED) is 0.731. The number of esters is 1. The molecule has 0 unspecified atom stereocenters. The lowest BCUT2D eigenvalue weighted by Gasteiger charge is -2.16. The molecule has 0 fully saturated rings. The lowest BCUT2D eigenvalue weighted by atomic mass is 10.2. The molecule has 0 saturated carbocycles. The van der Waals surface area contributed by atoms with Crippen LogP contribution < -0.4 is 10.6 Å². The molecule has 0 bridgehead atoms. The molecule has 2 rings (SSSR count). The van der Waals surface area contributed by atoms with Crippen molar-refractivity contribution in [3.8, 4) is 0 Å². The number of rotatable bonds is 7. The number of carbonyl (C=O) groups is 3. The van der Waals surface area contributed by atoms with Gasteiger partial charge in [-0.05, 0) is 50.4 Å². The molecule has 0 heterocycles. The van der Waals surface area contributed by atoms with E-state index < -0.39 is 5.97 Å². The number of amides is 2. The van der Waals surface area contributed by atoms with Gasteiger partial charge in [-0.1, -0.05) is 17.7 Å². The molecule has 27 heavy (non-hydrogen) atoms. The summed E-state index contributed by atoms with van der Waals surface area (Å²) in [5.41, 5.74) is 2.79. The fraction of sp³-hybridized carbons (Fsp3) is 0.250. The molecule has 0 aromatic heterocycles. The highest BCUT2D eigenvalue weighted by atomic mass is 16.5. The second-order valence-corrected chi connectivity index (χ2v) is 6.20. The molecule has 7 heteroatoms. The first-order chi connectivity index (χ1) is 12.9. The van der Waals surface area contributed by atoms with Gasteiger partial charge < -0.3 is 15.4 Å². The van der Waals surface area contributed by atoms with Crippen LogP contribution in [0.5, 0.6) is 0 Å². The third kappa shape index (κ3) is 6.56. The van der Waals surface area contributed by atoms with Gasteiger partial charge in [-0.2, -0.15) is 0 Å². The number of hydrogen-bond acceptors (Lipinski definition) is 5. The van der Waals surface area contributed by atoms with E-state index in [1.165, 1.54) is 7.11 Å². The zero-order valence-electron chi connectivity index (χ0n) is 15.6. The van der Waals surface area contributed by atoms with Crippen LogP contribution >= 0.6 is 0 Å². The number of benzene rings is 2. The Kier molecular flexibility index (Phi) is 7.08. The number of hydrogen-bond donors (Lipinski definition) is 2. The molecular weight excluding hydrogens is 346 g/mol. The highest BCUT2D eigenvalue weighted by molar-refractivity contribution is 5.95. The number of carbonyl (C=O) groups excluding carboxylic acids is 3. The summed E-state index contributed by atoms with van der Waals surface area (Å²) in [5.74, 6) is -0.893. The largest absolute Gasteiger partial charge is 0.465 e. The molecule has 2 amide bonds. The second-order valence-electron chi connectivity index (χ2n) is 6.20. The van der Waals surface area contributed by atoms with Crippen LogP contribution in [0.25, 0.3) is 0 Å². The number of nitrogens with zero attached hydrogens (tertiary/aromatic N) is 1. The predicted molar refractivity (Wildman–Crippen MR) is 104 cm³/mol. The van der Waals surface area contributed by atoms with E-state index in [0.717, 1.165) is 5.56 Å². The van der Waals surface area contributed by atoms with Crippen molar-refractivity contribution in [3.05, 3.63) is 59.7 Å². The van der Waals surface area contributed by atoms with Gasteiger partial charge in [-0.25, -0.2) is 4.79 Å². The first-order valence-corrected chi connectivity index (χ1v) is 8.40. The van der Waals surface area contributed by atoms with Crippen molar-refractivity contribution in [1.82, 2.24) is 4.90 Å². The average Bonchev–Trinajstić information content (AvgIpc) is 2.63. The van der Waals surface area contributed by atoms with E-state index in [0.29, 0.717) is 16.9 Å². The number of anilines is 2. The zero-order valence-corrected chi connectivity index (χ0v) is 15.6.